The molecule has 0 spiro atoms. The minimum Gasteiger partial charge on any atom is -0.207 e. The molecular weight excluding hydrogens is 437 g/mol. The summed E-state index contributed by atoms with van der Waals surface area (Å²) >= 11 is 12.8. The van der Waals surface area contributed by atoms with Gasteiger partial charge in [0.2, 0.25) is 10.0 Å². The molecule has 3 nitrogen and oxygen atoms in total. The summed E-state index contributed by atoms with van der Waals surface area (Å²) in [5.41, 5.74) is 5.46. The Morgan fingerprint density at radius 3 is 2.27 bits per heavy atom. The Kier molecular flexibility index (Phi) is 5.88. The average molecular weight is 462 g/mol. The molecule has 0 N–H and O–H groups in total. The first-order valence-corrected chi connectivity index (χ1v) is 12.3. The number of allylic oxidation sites excluding steroid dienone is 1. The van der Waals surface area contributed by atoms with Crippen LogP contribution in [0.1, 0.15) is 37.3 Å². The van der Waals surface area contributed by atoms with E-state index in [1.165, 1.54) is 11.1 Å². The van der Waals surface area contributed by atoms with Crippen LogP contribution < -0.4 is 0 Å². The lowest BCUT2D eigenvalue weighted by Crippen LogP contribution is -2.47. The Balaban J connectivity index is 1.73. The van der Waals surface area contributed by atoms with Crippen LogP contribution in [0.4, 0.5) is 0 Å². The van der Waals surface area contributed by atoms with Crippen molar-refractivity contribution in [1.29, 1.82) is 0 Å². The van der Waals surface area contributed by atoms with E-state index >= 15 is 0 Å². The molecule has 2 atom stereocenters. The molecule has 0 aromatic heterocycles. The summed E-state index contributed by atoms with van der Waals surface area (Å²) in [7, 11) is -3.58. The maximum Gasteiger partial charge on any atom is 0.243 e. The van der Waals surface area contributed by atoms with Crippen LogP contribution in [0.5, 0.6) is 0 Å². The number of benzene rings is 2. The highest BCUT2D eigenvalue weighted by atomic mass is 35.5. The third-order valence-corrected chi connectivity index (χ3v) is 8.76. The highest BCUT2D eigenvalue weighted by Crippen LogP contribution is 2.53. The second kappa shape index (κ2) is 8.16. The number of halogens is 2. The van der Waals surface area contributed by atoms with E-state index in [1.54, 1.807) is 16.4 Å². The van der Waals surface area contributed by atoms with Gasteiger partial charge in [-0.15, -0.1) is 0 Å². The molecule has 2 aromatic carbocycles. The maximum absolute atomic E-state index is 13.3. The number of aryl methyl sites for hydroxylation is 1. The maximum atomic E-state index is 13.3. The van der Waals surface area contributed by atoms with Crippen molar-refractivity contribution in [1.82, 2.24) is 4.31 Å². The minimum absolute atomic E-state index is 0.183. The van der Waals surface area contributed by atoms with Crippen LogP contribution in [0.25, 0.3) is 0 Å². The SMILES string of the molecule is CC(C)=C(Cl)C1=C2[C@H](C[C@H]2c2ccc(Cl)cc2)CN(S(=O)(=O)c2ccc(C)cc2)C1. The molecule has 0 amide bonds. The van der Waals surface area contributed by atoms with Gasteiger partial charge in [-0.1, -0.05) is 64.2 Å². The van der Waals surface area contributed by atoms with Crippen molar-refractivity contribution in [3.8, 4) is 0 Å². The predicted octanol–water partition coefficient (Wildman–Crippen LogP) is 6.29. The molecule has 0 radical (unpaired) electrons. The van der Waals surface area contributed by atoms with Crippen molar-refractivity contribution in [3.63, 3.8) is 0 Å². The molecule has 0 unspecified atom stereocenters. The van der Waals surface area contributed by atoms with Crippen molar-refractivity contribution >= 4 is 33.2 Å². The lowest BCUT2D eigenvalue weighted by molar-refractivity contribution is 0.275. The van der Waals surface area contributed by atoms with Crippen LogP contribution in [0, 0.1) is 12.8 Å². The Bertz CT molecular complexity index is 1130. The van der Waals surface area contributed by atoms with E-state index in [4.69, 9.17) is 23.2 Å². The van der Waals surface area contributed by atoms with Crippen LogP contribution in [-0.4, -0.2) is 25.8 Å². The molecule has 2 aliphatic rings. The van der Waals surface area contributed by atoms with Gasteiger partial charge >= 0.3 is 0 Å². The van der Waals surface area contributed by atoms with Crippen LogP contribution in [0.2, 0.25) is 5.02 Å². The van der Waals surface area contributed by atoms with Gasteiger partial charge in [0.15, 0.2) is 0 Å². The zero-order valence-corrected chi connectivity index (χ0v) is 19.7. The Morgan fingerprint density at radius 1 is 1.03 bits per heavy atom. The van der Waals surface area contributed by atoms with Gasteiger partial charge in [0.1, 0.15) is 0 Å². The summed E-state index contributed by atoms with van der Waals surface area (Å²) in [5.74, 6) is 0.447. The third kappa shape index (κ3) is 3.87. The molecule has 0 saturated heterocycles. The fourth-order valence-corrected chi connectivity index (χ4v) is 6.17. The van der Waals surface area contributed by atoms with E-state index in [0.29, 0.717) is 28.0 Å². The number of rotatable bonds is 4. The van der Waals surface area contributed by atoms with Gasteiger partial charge in [0, 0.05) is 29.1 Å². The standard InChI is InChI=1S/C24H25Cl2NO2S/c1-15(2)24(26)22-14-27(30(28,29)20-10-4-16(3)5-11-20)13-18-12-21(23(18)22)17-6-8-19(25)9-7-17/h4-11,18,21H,12-14H2,1-3H3/t18-,21+/m1/s1. The fraction of sp³-hybridized carbons (Fsp3) is 0.333. The number of nitrogens with zero attached hydrogens (tertiary/aromatic N) is 1. The van der Waals surface area contributed by atoms with Gasteiger partial charge in [0.05, 0.1) is 4.90 Å². The van der Waals surface area contributed by atoms with Crippen LogP contribution in [0.15, 0.2) is 75.2 Å². The average Bonchev–Trinajstić information content (AvgIpc) is 2.69. The second-order valence-corrected chi connectivity index (χ2v) is 11.1. The molecule has 6 heteroatoms. The summed E-state index contributed by atoms with van der Waals surface area (Å²) in [5, 5.41) is 1.39. The number of hydrogen-bond donors (Lipinski definition) is 0. The van der Waals surface area contributed by atoms with Crippen molar-refractivity contribution in [3.05, 3.63) is 86.4 Å². The highest BCUT2D eigenvalue weighted by Gasteiger charge is 2.45. The summed E-state index contributed by atoms with van der Waals surface area (Å²) in [6.07, 6.45) is 0.910. The molecule has 1 saturated carbocycles. The molecule has 2 aromatic rings. The molecule has 4 rings (SSSR count). The normalized spacial score (nSPS) is 21.8. The number of sulfonamides is 1. The monoisotopic (exact) mass is 461 g/mol. The lowest BCUT2D eigenvalue weighted by Gasteiger charge is -2.47. The van der Waals surface area contributed by atoms with Crippen molar-refractivity contribution in [2.24, 2.45) is 5.92 Å². The lowest BCUT2D eigenvalue weighted by atomic mass is 9.63. The summed E-state index contributed by atoms with van der Waals surface area (Å²) in [6.45, 7) is 6.68. The zero-order chi connectivity index (χ0) is 21.6. The first-order valence-electron chi connectivity index (χ1n) is 10.1. The molecule has 158 valence electrons. The van der Waals surface area contributed by atoms with E-state index in [2.05, 4.69) is 12.1 Å². The quantitative estimate of drug-likeness (QED) is 0.536. The molecular formula is C24H25Cl2NO2S. The Morgan fingerprint density at radius 2 is 1.67 bits per heavy atom. The fourth-order valence-electron chi connectivity index (χ4n) is 4.42. The Labute approximate surface area is 189 Å². The van der Waals surface area contributed by atoms with Gasteiger partial charge in [0.25, 0.3) is 0 Å². The summed E-state index contributed by atoms with van der Waals surface area (Å²) in [4.78, 5) is 0.331. The van der Waals surface area contributed by atoms with Gasteiger partial charge in [-0.2, -0.15) is 4.31 Å². The van der Waals surface area contributed by atoms with E-state index in [1.807, 2.05) is 45.0 Å². The minimum atomic E-state index is -3.58. The van der Waals surface area contributed by atoms with Crippen LogP contribution >= 0.6 is 23.2 Å². The predicted molar refractivity (Wildman–Crippen MR) is 123 cm³/mol. The van der Waals surface area contributed by atoms with Gasteiger partial charge in [-0.25, -0.2) is 8.42 Å². The van der Waals surface area contributed by atoms with E-state index in [0.717, 1.165) is 23.1 Å². The Hall–Kier alpha value is -1.59. The van der Waals surface area contributed by atoms with Gasteiger partial charge in [-0.3, -0.25) is 0 Å². The molecule has 1 fully saturated rings. The molecule has 1 aliphatic carbocycles. The van der Waals surface area contributed by atoms with E-state index in [9.17, 15) is 8.42 Å². The number of fused-ring (bicyclic) bond motifs is 1. The van der Waals surface area contributed by atoms with Crippen molar-refractivity contribution in [2.45, 2.75) is 38.0 Å². The second-order valence-electron chi connectivity index (χ2n) is 8.40. The number of hydrogen-bond acceptors (Lipinski definition) is 2. The first kappa shape index (κ1) is 21.6. The molecule has 1 aliphatic heterocycles. The van der Waals surface area contributed by atoms with Gasteiger partial charge < -0.3 is 0 Å². The molecule has 0 bridgehead atoms. The van der Waals surface area contributed by atoms with Crippen LogP contribution in [0.3, 0.4) is 0 Å². The first-order chi connectivity index (χ1) is 14.2. The molecule has 30 heavy (non-hydrogen) atoms. The van der Waals surface area contributed by atoms with E-state index < -0.39 is 10.0 Å². The summed E-state index contributed by atoms with van der Waals surface area (Å²) in [6, 6.07) is 15.0. The summed E-state index contributed by atoms with van der Waals surface area (Å²) < 4.78 is 28.3. The zero-order valence-electron chi connectivity index (χ0n) is 17.3. The van der Waals surface area contributed by atoms with Gasteiger partial charge in [-0.05, 0) is 68.5 Å². The van der Waals surface area contributed by atoms with Crippen LogP contribution in [-0.2, 0) is 10.0 Å². The third-order valence-electron chi connectivity index (χ3n) is 6.08. The smallest absolute Gasteiger partial charge is 0.207 e. The largest absolute Gasteiger partial charge is 0.243 e. The molecule has 1 heterocycles. The topological polar surface area (TPSA) is 37.4 Å². The van der Waals surface area contributed by atoms with E-state index in [-0.39, 0.29) is 11.8 Å². The van der Waals surface area contributed by atoms with Crippen molar-refractivity contribution < 1.29 is 8.42 Å². The highest BCUT2D eigenvalue weighted by molar-refractivity contribution is 7.89. The van der Waals surface area contributed by atoms with Crippen molar-refractivity contribution in [2.75, 3.05) is 13.1 Å².